The second kappa shape index (κ2) is 9.29. The lowest BCUT2D eigenvalue weighted by atomic mass is 10.1. The quantitative estimate of drug-likeness (QED) is 0.296. The third kappa shape index (κ3) is 5.10. The van der Waals surface area contributed by atoms with E-state index in [9.17, 15) is 4.79 Å². The van der Waals surface area contributed by atoms with Crippen molar-refractivity contribution in [3.63, 3.8) is 0 Å². The minimum atomic E-state index is -0.235. The monoisotopic (exact) mass is 451 g/mol. The zero-order valence-corrected chi connectivity index (χ0v) is 18.2. The second-order valence-corrected chi connectivity index (χ2v) is 7.74. The van der Waals surface area contributed by atoms with E-state index in [2.05, 4.69) is 25.6 Å². The topological polar surface area (TPSA) is 79.8 Å². The number of carbonyl (C=O) groups excluding carboxylic acids is 1. The number of carbonyl (C=O) groups is 1. The first-order valence-electron chi connectivity index (χ1n) is 9.68. The Bertz CT molecular complexity index is 1230. The molecule has 6 nitrogen and oxygen atoms in total. The van der Waals surface area contributed by atoms with Crippen LogP contribution in [0.15, 0.2) is 60.8 Å². The molecule has 0 radical (unpaired) electrons. The zero-order chi connectivity index (χ0) is 21.8. The number of anilines is 2. The fraction of sp³-hybridized carbons (Fsp3) is 0.130. The molecule has 2 heterocycles. The van der Waals surface area contributed by atoms with E-state index in [-0.39, 0.29) is 11.2 Å². The van der Waals surface area contributed by atoms with Crippen LogP contribution in [-0.2, 0) is 6.42 Å². The third-order valence-electron chi connectivity index (χ3n) is 4.81. The number of nitrogens with one attached hydrogen (secondary N) is 2. The molecule has 8 heteroatoms. The van der Waals surface area contributed by atoms with Gasteiger partial charge in [0.2, 0.25) is 5.28 Å². The second-order valence-electron chi connectivity index (χ2n) is 7.01. The van der Waals surface area contributed by atoms with Gasteiger partial charge in [0.15, 0.2) is 0 Å². The molecule has 0 unspecified atom stereocenters. The summed E-state index contributed by atoms with van der Waals surface area (Å²) in [7, 11) is 0. The molecule has 2 aromatic carbocycles. The number of amides is 1. The molecule has 2 N–H and O–H groups in total. The minimum absolute atomic E-state index is 0.222. The SMILES string of the molecule is Cc1cccc2c(NCCc3ccc(NC(=O)c4ccc(Cl)nc4)cc3)nc(Cl)nc12. The van der Waals surface area contributed by atoms with Gasteiger partial charge in [-0.3, -0.25) is 4.79 Å². The van der Waals surface area contributed by atoms with Gasteiger partial charge in [0.1, 0.15) is 11.0 Å². The lowest BCUT2D eigenvalue weighted by Gasteiger charge is -2.11. The zero-order valence-electron chi connectivity index (χ0n) is 16.7. The highest BCUT2D eigenvalue weighted by Gasteiger charge is 2.09. The van der Waals surface area contributed by atoms with Crippen LogP contribution in [0.2, 0.25) is 10.4 Å². The normalized spacial score (nSPS) is 10.8. The lowest BCUT2D eigenvalue weighted by molar-refractivity contribution is 0.102. The molecule has 1 amide bonds. The molecule has 4 aromatic rings. The van der Waals surface area contributed by atoms with E-state index in [1.807, 2.05) is 49.4 Å². The molecule has 0 aliphatic carbocycles. The fourth-order valence-corrected chi connectivity index (χ4v) is 3.48. The number of benzene rings is 2. The molecule has 4 rings (SSSR count). The van der Waals surface area contributed by atoms with Crippen molar-refractivity contribution in [2.45, 2.75) is 13.3 Å². The summed E-state index contributed by atoms with van der Waals surface area (Å²) >= 11 is 11.9. The van der Waals surface area contributed by atoms with Gasteiger partial charge in [-0.2, -0.15) is 0 Å². The molecule has 156 valence electrons. The number of rotatable bonds is 6. The molecule has 0 bridgehead atoms. The molecule has 0 aliphatic rings. The Hall–Kier alpha value is -3.22. The Morgan fingerprint density at radius 2 is 1.81 bits per heavy atom. The van der Waals surface area contributed by atoms with Gasteiger partial charge in [-0.1, -0.05) is 35.9 Å². The number of aromatic nitrogens is 3. The number of aryl methyl sites for hydroxylation is 1. The summed E-state index contributed by atoms with van der Waals surface area (Å²) in [6, 6.07) is 16.9. The van der Waals surface area contributed by atoms with Crippen molar-refractivity contribution in [3.8, 4) is 0 Å². The van der Waals surface area contributed by atoms with Gasteiger partial charge in [0.05, 0.1) is 11.1 Å². The van der Waals surface area contributed by atoms with Gasteiger partial charge < -0.3 is 10.6 Å². The Morgan fingerprint density at radius 1 is 1.00 bits per heavy atom. The van der Waals surface area contributed by atoms with E-state index in [0.717, 1.165) is 34.3 Å². The van der Waals surface area contributed by atoms with Crippen molar-refractivity contribution in [1.29, 1.82) is 0 Å². The van der Waals surface area contributed by atoms with E-state index in [0.29, 0.717) is 22.9 Å². The van der Waals surface area contributed by atoms with Crippen molar-refractivity contribution in [1.82, 2.24) is 15.0 Å². The molecular formula is C23H19Cl2N5O. The number of halogens is 2. The fourth-order valence-electron chi connectivity index (χ4n) is 3.20. The van der Waals surface area contributed by atoms with Gasteiger partial charge >= 0.3 is 0 Å². The predicted molar refractivity (Wildman–Crippen MR) is 125 cm³/mol. The first-order valence-corrected chi connectivity index (χ1v) is 10.4. The van der Waals surface area contributed by atoms with Crippen molar-refractivity contribution in [3.05, 3.63) is 87.9 Å². The summed E-state index contributed by atoms with van der Waals surface area (Å²) in [5, 5.41) is 7.72. The average molecular weight is 452 g/mol. The Labute approximate surface area is 189 Å². The van der Waals surface area contributed by atoms with Crippen LogP contribution in [0.1, 0.15) is 21.5 Å². The number of fused-ring (bicyclic) bond motifs is 1. The average Bonchev–Trinajstić information content (AvgIpc) is 2.76. The Balaban J connectivity index is 1.37. The van der Waals surface area contributed by atoms with E-state index in [1.165, 1.54) is 6.20 Å². The van der Waals surface area contributed by atoms with Gasteiger partial charge in [0.25, 0.3) is 5.91 Å². The summed E-state index contributed by atoms with van der Waals surface area (Å²) in [6.07, 6.45) is 2.23. The number of para-hydroxylation sites is 1. The smallest absolute Gasteiger partial charge is 0.257 e. The number of nitrogens with zero attached hydrogens (tertiary/aromatic N) is 3. The predicted octanol–water partition coefficient (Wildman–Crippen LogP) is 5.55. The lowest BCUT2D eigenvalue weighted by Crippen LogP contribution is -2.12. The van der Waals surface area contributed by atoms with Crippen LogP contribution in [-0.4, -0.2) is 27.4 Å². The maximum absolute atomic E-state index is 12.3. The molecular weight excluding hydrogens is 433 g/mol. The molecule has 0 fully saturated rings. The molecule has 31 heavy (non-hydrogen) atoms. The summed E-state index contributed by atoms with van der Waals surface area (Å²) < 4.78 is 0. The third-order valence-corrected chi connectivity index (χ3v) is 5.20. The molecule has 0 saturated carbocycles. The highest BCUT2D eigenvalue weighted by Crippen LogP contribution is 2.24. The van der Waals surface area contributed by atoms with Crippen LogP contribution in [0.4, 0.5) is 11.5 Å². The van der Waals surface area contributed by atoms with E-state index >= 15 is 0 Å². The van der Waals surface area contributed by atoms with Gasteiger partial charge in [-0.05, 0) is 66.4 Å². The van der Waals surface area contributed by atoms with Crippen LogP contribution in [0, 0.1) is 6.92 Å². The minimum Gasteiger partial charge on any atom is -0.369 e. The van der Waals surface area contributed by atoms with Gasteiger partial charge in [-0.25, -0.2) is 15.0 Å². The van der Waals surface area contributed by atoms with Crippen LogP contribution < -0.4 is 10.6 Å². The molecule has 2 aromatic heterocycles. The molecule has 0 aliphatic heterocycles. The summed E-state index contributed by atoms with van der Waals surface area (Å²) in [5.74, 6) is 0.487. The standard InChI is InChI=1S/C23H19Cl2N5O/c1-14-3-2-4-18-20(14)29-23(25)30-21(18)26-12-11-15-5-8-17(9-6-15)28-22(31)16-7-10-19(24)27-13-16/h2-10,13H,11-12H2,1H3,(H,28,31)(H,26,29,30). The van der Waals surface area contributed by atoms with E-state index < -0.39 is 0 Å². The van der Waals surface area contributed by atoms with Gasteiger partial charge in [0, 0.05) is 23.8 Å². The summed E-state index contributed by atoms with van der Waals surface area (Å²) in [5.41, 5.74) is 4.18. The maximum atomic E-state index is 12.3. The summed E-state index contributed by atoms with van der Waals surface area (Å²) in [4.78, 5) is 24.9. The maximum Gasteiger partial charge on any atom is 0.257 e. The van der Waals surface area contributed by atoms with Crippen molar-refractivity contribution < 1.29 is 4.79 Å². The van der Waals surface area contributed by atoms with Crippen molar-refractivity contribution in [2.24, 2.45) is 0 Å². The van der Waals surface area contributed by atoms with Crippen LogP contribution in [0.25, 0.3) is 10.9 Å². The molecule has 0 spiro atoms. The largest absolute Gasteiger partial charge is 0.369 e. The number of pyridine rings is 1. The summed E-state index contributed by atoms with van der Waals surface area (Å²) in [6.45, 7) is 2.68. The van der Waals surface area contributed by atoms with Crippen LogP contribution in [0.5, 0.6) is 0 Å². The number of hydrogen-bond acceptors (Lipinski definition) is 5. The highest BCUT2D eigenvalue weighted by molar-refractivity contribution is 6.29. The van der Waals surface area contributed by atoms with Crippen molar-refractivity contribution in [2.75, 3.05) is 17.2 Å². The van der Waals surface area contributed by atoms with E-state index in [1.54, 1.807) is 12.1 Å². The Kier molecular flexibility index (Phi) is 6.30. The van der Waals surface area contributed by atoms with Crippen LogP contribution >= 0.6 is 23.2 Å². The molecule has 0 saturated heterocycles. The van der Waals surface area contributed by atoms with Crippen LogP contribution in [0.3, 0.4) is 0 Å². The first-order chi connectivity index (χ1) is 15.0. The Morgan fingerprint density at radius 3 is 2.55 bits per heavy atom. The van der Waals surface area contributed by atoms with E-state index in [4.69, 9.17) is 23.2 Å². The first kappa shape index (κ1) is 21.0. The van der Waals surface area contributed by atoms with Crippen molar-refractivity contribution >= 4 is 51.5 Å². The highest BCUT2D eigenvalue weighted by atomic mass is 35.5. The van der Waals surface area contributed by atoms with Gasteiger partial charge in [-0.15, -0.1) is 0 Å². The number of hydrogen-bond donors (Lipinski definition) is 2. The molecule has 0 atom stereocenters.